The summed E-state index contributed by atoms with van der Waals surface area (Å²) < 4.78 is 1.45. The Hall–Kier alpha value is -3.69. The number of aromatic nitrogens is 4. The number of thiazole rings is 1. The number of hydrogen-bond donors (Lipinski definition) is 2. The van der Waals surface area contributed by atoms with Gasteiger partial charge in [-0.25, -0.2) is 9.67 Å². The van der Waals surface area contributed by atoms with E-state index in [9.17, 15) is 9.59 Å². The molecule has 0 unspecified atom stereocenters. The lowest BCUT2D eigenvalue weighted by Gasteiger charge is -2.09. The van der Waals surface area contributed by atoms with Crippen LogP contribution in [0.15, 0.2) is 71.8 Å². The molecule has 4 rings (SSSR count). The molecule has 0 spiro atoms. The van der Waals surface area contributed by atoms with Gasteiger partial charge in [0.1, 0.15) is 5.69 Å². The molecule has 33 heavy (non-hydrogen) atoms. The average molecular weight is 461 g/mol. The molecule has 168 valence electrons. The maximum atomic E-state index is 12.5. The second-order valence-corrected chi connectivity index (χ2v) is 8.67. The highest BCUT2D eigenvalue weighted by Gasteiger charge is 2.18. The number of benzene rings is 1. The molecule has 0 aliphatic carbocycles. The van der Waals surface area contributed by atoms with Crippen molar-refractivity contribution in [3.63, 3.8) is 0 Å². The van der Waals surface area contributed by atoms with Gasteiger partial charge in [0.05, 0.1) is 23.2 Å². The highest BCUT2D eigenvalue weighted by Crippen LogP contribution is 2.37. The van der Waals surface area contributed by atoms with Crippen LogP contribution >= 0.6 is 11.3 Å². The molecule has 0 saturated heterocycles. The second kappa shape index (κ2) is 10.3. The van der Waals surface area contributed by atoms with Gasteiger partial charge in [-0.3, -0.25) is 14.6 Å². The van der Waals surface area contributed by atoms with E-state index in [0.29, 0.717) is 23.1 Å². The Morgan fingerprint density at radius 2 is 1.91 bits per heavy atom. The molecule has 0 aliphatic heterocycles. The van der Waals surface area contributed by atoms with Crippen LogP contribution in [0.25, 0.3) is 21.8 Å². The Kier molecular flexibility index (Phi) is 7.01. The van der Waals surface area contributed by atoms with Crippen LogP contribution in [-0.4, -0.2) is 32.2 Å². The van der Waals surface area contributed by atoms with Gasteiger partial charge in [-0.05, 0) is 31.5 Å². The number of carbonyl (C=O) groups excluding carboxylic acids is 1. The topological polar surface area (TPSA) is 102 Å². The van der Waals surface area contributed by atoms with E-state index in [1.165, 1.54) is 22.1 Å². The molecule has 1 amide bonds. The molecule has 3 aromatic heterocycles. The smallest absolute Gasteiger partial charge is 0.267 e. The van der Waals surface area contributed by atoms with Crippen molar-refractivity contribution in [3.05, 3.63) is 82.9 Å². The molecule has 0 atom stereocenters. The lowest BCUT2D eigenvalue weighted by molar-refractivity contribution is -0.115. The first-order chi connectivity index (χ1) is 16.0. The van der Waals surface area contributed by atoms with Crippen LogP contribution in [0, 0.1) is 0 Å². The summed E-state index contributed by atoms with van der Waals surface area (Å²) in [5.74, 6) is -0.195. The van der Waals surface area contributed by atoms with Crippen LogP contribution in [0.2, 0.25) is 0 Å². The quantitative estimate of drug-likeness (QED) is 0.415. The van der Waals surface area contributed by atoms with Crippen molar-refractivity contribution >= 4 is 22.4 Å². The zero-order chi connectivity index (χ0) is 23.2. The summed E-state index contributed by atoms with van der Waals surface area (Å²) >= 11 is 1.33. The van der Waals surface area contributed by atoms with Gasteiger partial charge in [0.15, 0.2) is 5.13 Å². The van der Waals surface area contributed by atoms with E-state index in [1.807, 2.05) is 56.3 Å². The number of hydrogen-bond acceptors (Lipinski definition) is 7. The van der Waals surface area contributed by atoms with Crippen LogP contribution in [0.4, 0.5) is 5.13 Å². The highest BCUT2D eigenvalue weighted by atomic mass is 32.1. The van der Waals surface area contributed by atoms with Crippen molar-refractivity contribution in [1.82, 2.24) is 25.1 Å². The van der Waals surface area contributed by atoms with Gasteiger partial charge in [0, 0.05) is 30.6 Å². The van der Waals surface area contributed by atoms with E-state index in [1.54, 1.807) is 18.5 Å². The maximum absolute atomic E-state index is 12.5. The van der Waals surface area contributed by atoms with Crippen molar-refractivity contribution in [2.24, 2.45) is 0 Å². The normalized spacial score (nSPS) is 11.0. The molecule has 8 nitrogen and oxygen atoms in total. The third-order valence-corrected chi connectivity index (χ3v) is 5.80. The molecule has 0 radical (unpaired) electrons. The molecule has 3 heterocycles. The third kappa shape index (κ3) is 5.57. The number of rotatable bonds is 8. The summed E-state index contributed by atoms with van der Waals surface area (Å²) in [4.78, 5) is 34.2. The van der Waals surface area contributed by atoms with Gasteiger partial charge < -0.3 is 10.6 Å². The summed E-state index contributed by atoms with van der Waals surface area (Å²) in [7, 11) is 0. The minimum atomic E-state index is -0.195. The summed E-state index contributed by atoms with van der Waals surface area (Å²) in [5, 5.41) is 11.0. The summed E-state index contributed by atoms with van der Waals surface area (Å²) in [5.41, 5.74) is 3.09. The maximum Gasteiger partial charge on any atom is 0.267 e. The average Bonchev–Trinajstić information content (AvgIpc) is 3.24. The van der Waals surface area contributed by atoms with Crippen LogP contribution in [0.1, 0.15) is 25.5 Å². The second-order valence-electron chi connectivity index (χ2n) is 7.67. The van der Waals surface area contributed by atoms with Gasteiger partial charge in [0.2, 0.25) is 5.91 Å². The number of pyridine rings is 1. The van der Waals surface area contributed by atoms with Crippen molar-refractivity contribution in [2.75, 3.05) is 11.9 Å². The SMILES string of the molecule is CC(C)n1nc(-c2sc(NC(=O)CNCc3cccnc3)nc2-c2ccccc2)ccc1=O. The van der Waals surface area contributed by atoms with Gasteiger partial charge in [-0.15, -0.1) is 0 Å². The van der Waals surface area contributed by atoms with Crippen molar-refractivity contribution in [3.8, 4) is 21.8 Å². The predicted octanol–water partition coefficient (Wildman–Crippen LogP) is 3.74. The molecule has 4 aromatic rings. The van der Waals surface area contributed by atoms with Gasteiger partial charge in [-0.2, -0.15) is 5.10 Å². The van der Waals surface area contributed by atoms with E-state index in [2.05, 4.69) is 25.7 Å². The lowest BCUT2D eigenvalue weighted by atomic mass is 10.1. The largest absolute Gasteiger partial charge is 0.304 e. The molecular formula is C24H24N6O2S. The Morgan fingerprint density at radius 1 is 1.09 bits per heavy atom. The lowest BCUT2D eigenvalue weighted by Crippen LogP contribution is -2.27. The standard InChI is InChI=1S/C24H24N6O2S/c1-16(2)30-21(32)11-10-19(29-30)23-22(18-8-4-3-5-9-18)28-24(33-23)27-20(31)15-26-14-17-7-6-12-25-13-17/h3-13,16,26H,14-15H2,1-2H3,(H,27,28,31). The Bertz CT molecular complexity index is 1290. The number of amides is 1. The van der Waals surface area contributed by atoms with E-state index < -0.39 is 0 Å². The molecule has 2 N–H and O–H groups in total. The van der Waals surface area contributed by atoms with Crippen LogP contribution < -0.4 is 16.2 Å². The Labute approximate surface area is 195 Å². The molecule has 0 bridgehead atoms. The monoisotopic (exact) mass is 460 g/mol. The molecule has 9 heteroatoms. The molecular weight excluding hydrogens is 436 g/mol. The highest BCUT2D eigenvalue weighted by molar-refractivity contribution is 7.19. The molecule has 1 aromatic carbocycles. The summed E-state index contributed by atoms with van der Waals surface area (Å²) in [6.07, 6.45) is 3.47. The molecule has 0 saturated carbocycles. The van der Waals surface area contributed by atoms with E-state index >= 15 is 0 Å². The number of carbonyl (C=O) groups is 1. The summed E-state index contributed by atoms with van der Waals surface area (Å²) in [6, 6.07) is 16.6. The van der Waals surface area contributed by atoms with Gasteiger partial charge >= 0.3 is 0 Å². The number of anilines is 1. The Morgan fingerprint density at radius 3 is 2.64 bits per heavy atom. The zero-order valence-corrected chi connectivity index (χ0v) is 19.2. The van der Waals surface area contributed by atoms with Crippen molar-refractivity contribution in [1.29, 1.82) is 0 Å². The van der Waals surface area contributed by atoms with Gasteiger partial charge in [-0.1, -0.05) is 47.7 Å². The third-order valence-electron chi connectivity index (χ3n) is 4.81. The first-order valence-electron chi connectivity index (χ1n) is 10.6. The van der Waals surface area contributed by atoms with E-state index in [0.717, 1.165) is 16.0 Å². The van der Waals surface area contributed by atoms with Crippen LogP contribution in [-0.2, 0) is 11.3 Å². The molecule has 0 aliphatic rings. The predicted molar refractivity (Wildman–Crippen MR) is 130 cm³/mol. The van der Waals surface area contributed by atoms with E-state index in [4.69, 9.17) is 0 Å². The fraction of sp³-hybridized carbons (Fsp3) is 0.208. The Balaban J connectivity index is 1.57. The van der Waals surface area contributed by atoms with Crippen molar-refractivity contribution in [2.45, 2.75) is 26.4 Å². The first-order valence-corrected chi connectivity index (χ1v) is 11.4. The fourth-order valence-corrected chi connectivity index (χ4v) is 4.21. The summed E-state index contributed by atoms with van der Waals surface area (Å²) in [6.45, 7) is 4.50. The number of nitrogens with one attached hydrogen (secondary N) is 2. The minimum absolute atomic E-state index is 0.0735. The first kappa shape index (κ1) is 22.5. The molecule has 0 fully saturated rings. The van der Waals surface area contributed by atoms with Gasteiger partial charge in [0.25, 0.3) is 5.56 Å². The van der Waals surface area contributed by atoms with Crippen molar-refractivity contribution < 1.29 is 4.79 Å². The van der Waals surface area contributed by atoms with Crippen LogP contribution in [0.3, 0.4) is 0 Å². The van der Waals surface area contributed by atoms with Crippen LogP contribution in [0.5, 0.6) is 0 Å². The minimum Gasteiger partial charge on any atom is -0.304 e. The number of nitrogens with zero attached hydrogens (tertiary/aromatic N) is 4. The fourth-order valence-electron chi connectivity index (χ4n) is 3.24. The van der Waals surface area contributed by atoms with E-state index in [-0.39, 0.29) is 24.1 Å². The zero-order valence-electron chi connectivity index (χ0n) is 18.4.